The number of alkyl halides is 3. The Kier molecular flexibility index (Phi) is 4.65. The van der Waals surface area contributed by atoms with Crippen molar-refractivity contribution in [3.63, 3.8) is 0 Å². The van der Waals surface area contributed by atoms with Crippen molar-refractivity contribution < 1.29 is 17.6 Å². The molecule has 0 fully saturated rings. The molecule has 0 radical (unpaired) electrons. The van der Waals surface area contributed by atoms with Crippen molar-refractivity contribution in [3.8, 4) is 0 Å². The molecule has 0 unspecified atom stereocenters. The normalized spacial score (nSPS) is 15.5. The van der Waals surface area contributed by atoms with E-state index in [9.17, 15) is 17.6 Å². The van der Waals surface area contributed by atoms with Gasteiger partial charge in [0.25, 0.3) is 0 Å². The van der Waals surface area contributed by atoms with Crippen LogP contribution in [0.1, 0.15) is 24.8 Å². The Balaban J connectivity index is 1.86. The Hall–Kier alpha value is -1.85. The van der Waals surface area contributed by atoms with Gasteiger partial charge in [-0.3, -0.25) is 4.99 Å². The Morgan fingerprint density at radius 2 is 2.00 bits per heavy atom. The summed E-state index contributed by atoms with van der Waals surface area (Å²) in [5.41, 5.74) is 1.37. The van der Waals surface area contributed by atoms with Gasteiger partial charge in [-0.25, -0.2) is 4.39 Å². The predicted molar refractivity (Wildman–Crippen MR) is 75.1 cm³/mol. The fourth-order valence-electron chi connectivity index (χ4n) is 2.04. The highest BCUT2D eigenvalue weighted by Gasteiger charge is 2.34. The molecule has 21 heavy (non-hydrogen) atoms. The van der Waals surface area contributed by atoms with Crippen LogP contribution in [0, 0.1) is 12.7 Å². The van der Waals surface area contributed by atoms with Crippen LogP contribution in [-0.2, 0) is 0 Å². The van der Waals surface area contributed by atoms with E-state index in [2.05, 4.69) is 10.3 Å². The number of halogens is 4. The Morgan fingerprint density at radius 1 is 1.24 bits per heavy atom. The lowest BCUT2D eigenvalue weighted by Gasteiger charge is -2.16. The smallest absolute Gasteiger partial charge is 0.385 e. The molecule has 0 aromatic heterocycles. The van der Waals surface area contributed by atoms with E-state index in [1.807, 2.05) is 0 Å². The molecule has 0 bridgehead atoms. The van der Waals surface area contributed by atoms with E-state index in [4.69, 9.17) is 0 Å². The minimum atomic E-state index is -4.29. The molecule has 0 amide bonds. The first-order valence-electron chi connectivity index (χ1n) is 6.68. The van der Waals surface area contributed by atoms with Gasteiger partial charge in [0.2, 0.25) is 0 Å². The Morgan fingerprint density at radius 3 is 2.57 bits per heavy atom. The number of allylic oxidation sites excluding steroid dienone is 1. The number of hydrogen-bond donors (Lipinski definition) is 1. The van der Waals surface area contributed by atoms with Crippen LogP contribution in [0.15, 0.2) is 35.0 Å². The van der Waals surface area contributed by atoms with Crippen LogP contribution >= 0.6 is 0 Å². The van der Waals surface area contributed by atoms with E-state index in [0.717, 1.165) is 11.9 Å². The van der Waals surface area contributed by atoms with Crippen LogP contribution in [-0.4, -0.2) is 18.4 Å². The molecule has 6 heteroatoms. The van der Waals surface area contributed by atoms with E-state index >= 15 is 0 Å². The fourth-order valence-corrected chi connectivity index (χ4v) is 2.04. The second-order valence-electron chi connectivity index (χ2n) is 4.99. The zero-order valence-electron chi connectivity index (χ0n) is 11.6. The van der Waals surface area contributed by atoms with E-state index in [0.29, 0.717) is 30.6 Å². The van der Waals surface area contributed by atoms with Gasteiger partial charge in [-0.05, 0) is 37.5 Å². The molecular weight excluding hydrogens is 284 g/mol. The predicted octanol–water partition coefficient (Wildman–Crippen LogP) is 4.62. The highest BCUT2D eigenvalue weighted by molar-refractivity contribution is 5.86. The summed E-state index contributed by atoms with van der Waals surface area (Å²) in [6, 6.07) is 4.84. The van der Waals surface area contributed by atoms with Crippen LogP contribution in [0.4, 0.5) is 23.2 Å². The molecule has 0 atom stereocenters. The molecule has 1 N–H and O–H groups in total. The minimum Gasteiger partial charge on any atom is -0.385 e. The molecule has 0 saturated carbocycles. The highest BCUT2D eigenvalue weighted by Crippen LogP contribution is 2.31. The number of hydrogen-bond acceptors (Lipinski definition) is 2. The van der Waals surface area contributed by atoms with E-state index in [-0.39, 0.29) is 12.2 Å². The minimum absolute atomic E-state index is 0.0263. The van der Waals surface area contributed by atoms with Gasteiger partial charge in [0.15, 0.2) is 0 Å². The fraction of sp³-hybridized carbons (Fsp3) is 0.400. The van der Waals surface area contributed by atoms with Crippen molar-refractivity contribution in [1.82, 2.24) is 0 Å². The maximum atomic E-state index is 13.3. The van der Waals surface area contributed by atoms with Crippen molar-refractivity contribution in [1.29, 1.82) is 0 Å². The lowest BCUT2D eigenvalue weighted by molar-refractivity contribution is -0.0941. The molecule has 114 valence electrons. The zero-order chi connectivity index (χ0) is 15.5. The third kappa shape index (κ3) is 4.31. The van der Waals surface area contributed by atoms with Gasteiger partial charge in [0.1, 0.15) is 5.82 Å². The average molecular weight is 300 g/mol. The second-order valence-corrected chi connectivity index (χ2v) is 4.99. The van der Waals surface area contributed by atoms with Gasteiger partial charge in [-0.15, -0.1) is 0 Å². The zero-order valence-corrected chi connectivity index (χ0v) is 11.6. The summed E-state index contributed by atoms with van der Waals surface area (Å²) >= 11 is 0. The van der Waals surface area contributed by atoms with Gasteiger partial charge in [-0.2, -0.15) is 13.2 Å². The SMILES string of the molecule is Cc1ccc(NCCC2=NC=C(C(F)(F)F)CC2)cc1F. The lowest BCUT2D eigenvalue weighted by atomic mass is 10.0. The van der Waals surface area contributed by atoms with Crippen molar-refractivity contribution in [3.05, 3.63) is 41.4 Å². The average Bonchev–Trinajstić information content (AvgIpc) is 2.42. The Bertz CT molecular complexity index is 574. The van der Waals surface area contributed by atoms with E-state index < -0.39 is 11.7 Å². The molecule has 1 aliphatic rings. The van der Waals surface area contributed by atoms with Crippen LogP contribution in [0.5, 0.6) is 0 Å². The summed E-state index contributed by atoms with van der Waals surface area (Å²) in [6.07, 6.45) is -2.55. The first-order chi connectivity index (χ1) is 9.86. The monoisotopic (exact) mass is 300 g/mol. The summed E-state index contributed by atoms with van der Waals surface area (Å²) in [6.45, 7) is 2.19. The molecule has 0 saturated heterocycles. The molecular formula is C15H16F4N2. The van der Waals surface area contributed by atoms with Gasteiger partial charge in [0.05, 0.1) is 5.57 Å². The van der Waals surface area contributed by atoms with Gasteiger partial charge < -0.3 is 5.32 Å². The summed E-state index contributed by atoms with van der Waals surface area (Å²) in [5.74, 6) is -0.284. The maximum absolute atomic E-state index is 13.3. The summed E-state index contributed by atoms with van der Waals surface area (Å²) < 4.78 is 50.6. The number of nitrogens with one attached hydrogen (secondary N) is 1. The largest absolute Gasteiger partial charge is 0.414 e. The highest BCUT2D eigenvalue weighted by atomic mass is 19.4. The molecule has 2 rings (SSSR count). The molecule has 0 aliphatic carbocycles. The topological polar surface area (TPSA) is 24.4 Å². The second kappa shape index (κ2) is 6.28. The summed E-state index contributed by atoms with van der Waals surface area (Å²) in [7, 11) is 0. The molecule has 1 aromatic rings. The number of aryl methyl sites for hydroxylation is 1. The third-order valence-electron chi connectivity index (χ3n) is 3.36. The van der Waals surface area contributed by atoms with Crippen molar-refractivity contribution in [2.75, 3.05) is 11.9 Å². The quantitative estimate of drug-likeness (QED) is 0.806. The van der Waals surface area contributed by atoms with Gasteiger partial charge >= 0.3 is 6.18 Å². The first kappa shape index (κ1) is 15.5. The standard InChI is InChI=1S/C15H16F4N2/c1-10-2-4-13(8-14(10)16)20-7-6-12-5-3-11(9-21-12)15(17,18)19/h2,4,8-9,20H,3,5-7H2,1H3. The van der Waals surface area contributed by atoms with Gasteiger partial charge in [-0.1, -0.05) is 6.07 Å². The van der Waals surface area contributed by atoms with Crippen LogP contribution in [0.2, 0.25) is 0 Å². The summed E-state index contributed by atoms with van der Waals surface area (Å²) in [4.78, 5) is 3.86. The first-order valence-corrected chi connectivity index (χ1v) is 6.68. The maximum Gasteiger partial charge on any atom is 0.414 e. The van der Waals surface area contributed by atoms with Crippen LogP contribution in [0.3, 0.4) is 0 Å². The number of rotatable bonds is 4. The third-order valence-corrected chi connectivity index (χ3v) is 3.36. The molecule has 0 spiro atoms. The molecule has 1 heterocycles. The van der Waals surface area contributed by atoms with Crippen molar-refractivity contribution in [2.45, 2.75) is 32.4 Å². The van der Waals surface area contributed by atoms with E-state index in [1.165, 1.54) is 6.07 Å². The van der Waals surface area contributed by atoms with Crippen molar-refractivity contribution >= 4 is 11.4 Å². The molecule has 1 aromatic carbocycles. The number of aliphatic imine (C=N–C) groups is 1. The van der Waals surface area contributed by atoms with Gasteiger partial charge in [0, 0.05) is 30.6 Å². The number of nitrogens with zero attached hydrogens (tertiary/aromatic N) is 1. The van der Waals surface area contributed by atoms with Crippen LogP contribution in [0.25, 0.3) is 0 Å². The number of benzene rings is 1. The van der Waals surface area contributed by atoms with E-state index in [1.54, 1.807) is 19.1 Å². The Labute approximate surface area is 120 Å². The summed E-state index contributed by atoms with van der Waals surface area (Å²) in [5, 5.41) is 3.04. The molecule has 2 nitrogen and oxygen atoms in total. The number of anilines is 1. The van der Waals surface area contributed by atoms with Crippen LogP contribution < -0.4 is 5.32 Å². The lowest BCUT2D eigenvalue weighted by Crippen LogP contribution is -2.17. The molecule has 1 aliphatic heterocycles. The van der Waals surface area contributed by atoms with Crippen molar-refractivity contribution in [2.24, 2.45) is 4.99 Å².